The van der Waals surface area contributed by atoms with Crippen molar-refractivity contribution < 1.29 is 13.9 Å². The standard InChI is InChI=1S/C29H36FN3O2/c1-35-24-14-8-9-20(17-24)18-27-32-25-19-22(30)15-16-26(25)33(27)28(21-10-4-2-5-11-21)29(34)31-23-12-6-3-7-13-23/h8-9,14-17,19,21,23,28H,2-7,10-13,18H2,1H3,(H,31,34). The summed E-state index contributed by atoms with van der Waals surface area (Å²) >= 11 is 0. The highest BCUT2D eigenvalue weighted by Gasteiger charge is 2.35. The monoisotopic (exact) mass is 477 g/mol. The number of amides is 1. The molecule has 5 nitrogen and oxygen atoms in total. The second-order valence-corrected chi connectivity index (χ2v) is 10.2. The minimum atomic E-state index is -0.340. The molecule has 3 aromatic rings. The van der Waals surface area contributed by atoms with E-state index < -0.39 is 0 Å². The van der Waals surface area contributed by atoms with Gasteiger partial charge in [0.05, 0.1) is 18.1 Å². The highest BCUT2D eigenvalue weighted by Crippen LogP contribution is 2.37. The number of carbonyl (C=O) groups is 1. The molecule has 0 radical (unpaired) electrons. The van der Waals surface area contributed by atoms with Crippen LogP contribution >= 0.6 is 0 Å². The van der Waals surface area contributed by atoms with Crippen molar-refractivity contribution in [3.05, 3.63) is 59.7 Å². The van der Waals surface area contributed by atoms with Crippen LogP contribution in [0.3, 0.4) is 0 Å². The van der Waals surface area contributed by atoms with E-state index in [9.17, 15) is 9.18 Å². The largest absolute Gasteiger partial charge is 0.497 e. The Morgan fingerprint density at radius 1 is 1.06 bits per heavy atom. The molecule has 1 unspecified atom stereocenters. The first-order valence-corrected chi connectivity index (χ1v) is 13.2. The number of aromatic nitrogens is 2. The van der Waals surface area contributed by atoms with E-state index in [1.54, 1.807) is 13.2 Å². The van der Waals surface area contributed by atoms with Gasteiger partial charge in [-0.25, -0.2) is 9.37 Å². The van der Waals surface area contributed by atoms with Gasteiger partial charge in [0.1, 0.15) is 23.4 Å². The number of rotatable bonds is 7. The third kappa shape index (κ3) is 5.36. The fourth-order valence-corrected chi connectivity index (χ4v) is 6.05. The number of nitrogens with zero attached hydrogens (tertiary/aromatic N) is 2. The Morgan fingerprint density at radius 3 is 2.54 bits per heavy atom. The van der Waals surface area contributed by atoms with Gasteiger partial charge in [-0.2, -0.15) is 0 Å². The van der Waals surface area contributed by atoms with Crippen LogP contribution in [0.2, 0.25) is 0 Å². The van der Waals surface area contributed by atoms with Crippen molar-refractivity contribution in [2.24, 2.45) is 5.92 Å². The van der Waals surface area contributed by atoms with Gasteiger partial charge in [-0.15, -0.1) is 0 Å². The first-order chi connectivity index (χ1) is 17.1. The number of imidazole rings is 1. The number of benzene rings is 2. The van der Waals surface area contributed by atoms with Crippen LogP contribution in [0.5, 0.6) is 5.75 Å². The molecular formula is C29H36FN3O2. The molecule has 2 fully saturated rings. The number of halogens is 1. The van der Waals surface area contributed by atoms with Crippen LogP contribution in [0, 0.1) is 11.7 Å². The maximum Gasteiger partial charge on any atom is 0.243 e. The van der Waals surface area contributed by atoms with Gasteiger partial charge in [0.2, 0.25) is 5.91 Å². The number of carbonyl (C=O) groups excluding carboxylic acids is 1. The Labute approximate surface area is 207 Å². The molecule has 0 spiro atoms. The van der Waals surface area contributed by atoms with E-state index in [0.29, 0.717) is 11.9 Å². The molecule has 1 heterocycles. The second-order valence-electron chi connectivity index (χ2n) is 10.2. The molecule has 2 saturated carbocycles. The molecule has 1 aromatic heterocycles. The van der Waals surface area contributed by atoms with Crippen LogP contribution < -0.4 is 10.1 Å². The van der Waals surface area contributed by atoms with E-state index in [1.165, 1.54) is 37.8 Å². The summed E-state index contributed by atoms with van der Waals surface area (Å²) < 4.78 is 21.7. The van der Waals surface area contributed by atoms with Gasteiger partial charge in [-0.3, -0.25) is 4.79 Å². The number of hydrogen-bond acceptors (Lipinski definition) is 3. The molecule has 0 aliphatic heterocycles. The maximum absolute atomic E-state index is 14.2. The molecule has 2 aliphatic carbocycles. The van der Waals surface area contributed by atoms with Crippen LogP contribution in [0.15, 0.2) is 42.5 Å². The zero-order valence-corrected chi connectivity index (χ0v) is 20.6. The predicted octanol–water partition coefficient (Wildman–Crippen LogP) is 6.35. The molecule has 6 heteroatoms. The summed E-state index contributed by atoms with van der Waals surface area (Å²) in [4.78, 5) is 18.8. The molecule has 2 aromatic carbocycles. The first-order valence-electron chi connectivity index (χ1n) is 13.2. The van der Waals surface area contributed by atoms with E-state index in [0.717, 1.165) is 61.2 Å². The number of nitrogens with one attached hydrogen (secondary N) is 1. The van der Waals surface area contributed by atoms with Crippen molar-refractivity contribution in [3.8, 4) is 5.75 Å². The Kier molecular flexibility index (Phi) is 7.35. The van der Waals surface area contributed by atoms with Crippen molar-refractivity contribution in [2.45, 2.75) is 82.7 Å². The predicted molar refractivity (Wildman–Crippen MR) is 136 cm³/mol. The van der Waals surface area contributed by atoms with Crippen LogP contribution in [-0.4, -0.2) is 28.6 Å². The van der Waals surface area contributed by atoms with E-state index in [2.05, 4.69) is 9.88 Å². The summed E-state index contributed by atoms with van der Waals surface area (Å²) in [5, 5.41) is 3.41. The third-order valence-corrected chi connectivity index (χ3v) is 7.82. The van der Waals surface area contributed by atoms with Crippen LogP contribution in [-0.2, 0) is 11.2 Å². The summed E-state index contributed by atoms with van der Waals surface area (Å²) in [6, 6.07) is 12.6. The summed E-state index contributed by atoms with van der Waals surface area (Å²) in [6.07, 6.45) is 11.8. The molecule has 1 N–H and O–H groups in total. The van der Waals surface area contributed by atoms with Crippen molar-refractivity contribution in [2.75, 3.05) is 7.11 Å². The smallest absolute Gasteiger partial charge is 0.243 e. The van der Waals surface area contributed by atoms with E-state index in [1.807, 2.05) is 24.3 Å². The SMILES string of the molecule is COc1cccc(Cc2nc3cc(F)ccc3n2C(C(=O)NC2CCCCC2)C2CCCCC2)c1. The van der Waals surface area contributed by atoms with E-state index >= 15 is 0 Å². The maximum atomic E-state index is 14.2. The number of methoxy groups -OCH3 is 1. The van der Waals surface area contributed by atoms with Crippen LogP contribution in [0.1, 0.15) is 81.6 Å². The fraction of sp³-hybridized carbons (Fsp3) is 0.517. The fourth-order valence-electron chi connectivity index (χ4n) is 6.05. The van der Waals surface area contributed by atoms with Crippen molar-refractivity contribution in [3.63, 3.8) is 0 Å². The lowest BCUT2D eigenvalue weighted by atomic mass is 9.82. The molecule has 0 saturated heterocycles. The summed E-state index contributed by atoms with van der Waals surface area (Å²) in [6.45, 7) is 0. The van der Waals surface area contributed by atoms with Gasteiger partial charge >= 0.3 is 0 Å². The molecular weight excluding hydrogens is 441 g/mol. The molecule has 186 valence electrons. The lowest BCUT2D eigenvalue weighted by Gasteiger charge is -2.33. The third-order valence-electron chi connectivity index (χ3n) is 7.82. The lowest BCUT2D eigenvalue weighted by molar-refractivity contribution is -0.127. The van der Waals surface area contributed by atoms with Crippen LogP contribution in [0.25, 0.3) is 11.0 Å². The normalized spacial score (nSPS) is 18.5. The Hall–Kier alpha value is -2.89. The molecule has 1 atom stereocenters. The first kappa shape index (κ1) is 23.8. The molecule has 2 aliphatic rings. The summed E-state index contributed by atoms with van der Waals surface area (Å²) in [5.74, 6) is 1.62. The Morgan fingerprint density at radius 2 is 1.80 bits per heavy atom. The Balaban J connectivity index is 1.57. The highest BCUT2D eigenvalue weighted by molar-refractivity contribution is 5.85. The van der Waals surface area contributed by atoms with Gasteiger partial charge in [0.25, 0.3) is 0 Å². The minimum absolute atomic E-state index is 0.0966. The zero-order valence-electron chi connectivity index (χ0n) is 20.6. The number of hydrogen-bond donors (Lipinski definition) is 1. The zero-order chi connectivity index (χ0) is 24.2. The lowest BCUT2D eigenvalue weighted by Crippen LogP contribution is -2.43. The molecule has 35 heavy (non-hydrogen) atoms. The average Bonchev–Trinajstić information content (AvgIpc) is 3.22. The van der Waals surface area contributed by atoms with Crippen molar-refractivity contribution in [1.82, 2.24) is 14.9 Å². The molecule has 0 bridgehead atoms. The topological polar surface area (TPSA) is 56.2 Å². The second kappa shape index (κ2) is 10.8. The van der Waals surface area contributed by atoms with E-state index in [-0.39, 0.29) is 29.7 Å². The summed E-state index contributed by atoms with van der Waals surface area (Å²) in [7, 11) is 1.66. The number of fused-ring (bicyclic) bond motifs is 1. The van der Waals surface area contributed by atoms with Gasteiger partial charge < -0.3 is 14.6 Å². The minimum Gasteiger partial charge on any atom is -0.497 e. The van der Waals surface area contributed by atoms with Gasteiger partial charge in [-0.05, 0) is 61.4 Å². The quantitative estimate of drug-likeness (QED) is 0.432. The van der Waals surface area contributed by atoms with E-state index in [4.69, 9.17) is 9.72 Å². The van der Waals surface area contributed by atoms with Crippen molar-refractivity contribution >= 4 is 16.9 Å². The Bertz CT molecular complexity index is 1160. The number of ether oxygens (including phenoxy) is 1. The summed E-state index contributed by atoms with van der Waals surface area (Å²) in [5.41, 5.74) is 2.49. The van der Waals surface area contributed by atoms with Gasteiger partial charge in [0.15, 0.2) is 0 Å². The van der Waals surface area contributed by atoms with Gasteiger partial charge in [0, 0.05) is 18.5 Å². The van der Waals surface area contributed by atoms with Gasteiger partial charge in [-0.1, -0.05) is 50.7 Å². The molecule has 5 rings (SSSR count). The highest BCUT2D eigenvalue weighted by atomic mass is 19.1. The molecule has 1 amide bonds. The van der Waals surface area contributed by atoms with Crippen LogP contribution in [0.4, 0.5) is 4.39 Å². The van der Waals surface area contributed by atoms with Crippen molar-refractivity contribution in [1.29, 1.82) is 0 Å². The average molecular weight is 478 g/mol.